The number of carbonyl (C=O) groups is 1. The molecule has 0 bridgehead atoms. The van der Waals surface area contributed by atoms with Crippen LogP contribution in [-0.2, 0) is 13.1 Å². The maximum absolute atomic E-state index is 12.0. The summed E-state index contributed by atoms with van der Waals surface area (Å²) in [5.74, 6) is 0. The number of halogens is 1. The first kappa shape index (κ1) is 16.1. The molecule has 2 amide bonds. The predicted octanol–water partition coefficient (Wildman–Crippen LogP) is 3.45. The first-order valence-electron chi connectivity index (χ1n) is 7.50. The first-order chi connectivity index (χ1) is 11.6. The van der Waals surface area contributed by atoms with Crippen molar-refractivity contribution in [3.63, 3.8) is 0 Å². The van der Waals surface area contributed by atoms with E-state index in [-0.39, 0.29) is 6.03 Å². The van der Waals surface area contributed by atoms with Gasteiger partial charge in [-0.15, -0.1) is 0 Å². The molecule has 2 heterocycles. The molecule has 2 aromatic heterocycles. The Hall–Kier alpha value is -2.80. The van der Waals surface area contributed by atoms with Crippen LogP contribution in [0.3, 0.4) is 0 Å². The highest BCUT2D eigenvalue weighted by atomic mass is 35.5. The van der Waals surface area contributed by atoms with Crippen LogP contribution in [0.1, 0.15) is 12.5 Å². The summed E-state index contributed by atoms with van der Waals surface area (Å²) in [6.45, 7) is 3.46. The number of aryl methyl sites for hydroxylation is 1. The Bertz CT molecular complexity index is 840. The molecule has 24 heavy (non-hydrogen) atoms. The fraction of sp³-hybridized carbons (Fsp3) is 0.188. The largest absolute Gasteiger partial charge is 0.323 e. The molecule has 0 spiro atoms. The van der Waals surface area contributed by atoms with E-state index in [2.05, 4.69) is 20.8 Å². The van der Waals surface area contributed by atoms with Crippen LogP contribution in [0.25, 0.3) is 0 Å². The molecule has 0 fully saturated rings. The Labute approximate surface area is 144 Å². The van der Waals surface area contributed by atoms with Gasteiger partial charge in [0.15, 0.2) is 0 Å². The lowest BCUT2D eigenvalue weighted by Gasteiger charge is -2.05. The van der Waals surface area contributed by atoms with E-state index in [1.807, 2.05) is 24.0 Å². The van der Waals surface area contributed by atoms with E-state index >= 15 is 0 Å². The van der Waals surface area contributed by atoms with E-state index in [1.54, 1.807) is 41.3 Å². The topological polar surface area (TPSA) is 76.8 Å². The van der Waals surface area contributed by atoms with Crippen molar-refractivity contribution >= 4 is 29.0 Å². The zero-order chi connectivity index (χ0) is 16.9. The number of amides is 2. The Balaban J connectivity index is 1.58. The van der Waals surface area contributed by atoms with Gasteiger partial charge in [0.2, 0.25) is 0 Å². The van der Waals surface area contributed by atoms with Gasteiger partial charge in [0.1, 0.15) is 0 Å². The van der Waals surface area contributed by atoms with E-state index in [9.17, 15) is 4.79 Å². The van der Waals surface area contributed by atoms with Gasteiger partial charge in [0.25, 0.3) is 0 Å². The van der Waals surface area contributed by atoms with Crippen LogP contribution in [-0.4, -0.2) is 25.6 Å². The third-order valence-corrected chi connectivity index (χ3v) is 3.56. The van der Waals surface area contributed by atoms with E-state index in [1.165, 1.54) is 0 Å². The molecule has 0 aliphatic carbocycles. The molecule has 0 unspecified atom stereocenters. The van der Waals surface area contributed by atoms with Gasteiger partial charge in [-0.3, -0.25) is 9.36 Å². The van der Waals surface area contributed by atoms with E-state index in [0.29, 0.717) is 22.9 Å². The van der Waals surface area contributed by atoms with Crippen LogP contribution in [0.5, 0.6) is 0 Å². The SMILES string of the molecule is CCn1cc(Cn2cc(NC(=O)Nc3cccc(Cl)c3)cn2)cn1. The highest BCUT2D eigenvalue weighted by Gasteiger charge is 2.06. The summed E-state index contributed by atoms with van der Waals surface area (Å²) in [7, 11) is 0. The van der Waals surface area contributed by atoms with E-state index < -0.39 is 0 Å². The van der Waals surface area contributed by atoms with Gasteiger partial charge in [0.05, 0.1) is 24.6 Å². The molecule has 0 aliphatic rings. The normalized spacial score (nSPS) is 10.6. The number of urea groups is 1. The zero-order valence-electron chi connectivity index (χ0n) is 13.1. The summed E-state index contributed by atoms with van der Waals surface area (Å²) in [4.78, 5) is 12.0. The van der Waals surface area contributed by atoms with Crippen molar-refractivity contribution in [3.05, 3.63) is 59.6 Å². The van der Waals surface area contributed by atoms with Crippen LogP contribution in [0, 0.1) is 0 Å². The van der Waals surface area contributed by atoms with Crippen LogP contribution < -0.4 is 10.6 Å². The lowest BCUT2D eigenvalue weighted by atomic mass is 10.3. The molecule has 0 saturated carbocycles. The molecule has 7 nitrogen and oxygen atoms in total. The number of nitrogens with zero attached hydrogens (tertiary/aromatic N) is 4. The van der Waals surface area contributed by atoms with Crippen LogP contribution in [0.15, 0.2) is 49.1 Å². The molecule has 0 aliphatic heterocycles. The Kier molecular flexibility index (Phi) is 4.81. The molecule has 8 heteroatoms. The fourth-order valence-corrected chi connectivity index (χ4v) is 2.41. The minimum absolute atomic E-state index is 0.351. The number of carbonyl (C=O) groups excluding carboxylic acids is 1. The molecule has 2 N–H and O–H groups in total. The number of nitrogens with one attached hydrogen (secondary N) is 2. The van der Waals surface area contributed by atoms with Gasteiger partial charge >= 0.3 is 6.03 Å². The van der Waals surface area contributed by atoms with Gasteiger partial charge < -0.3 is 10.6 Å². The van der Waals surface area contributed by atoms with Crippen molar-refractivity contribution in [2.45, 2.75) is 20.0 Å². The summed E-state index contributed by atoms with van der Waals surface area (Å²) >= 11 is 5.89. The van der Waals surface area contributed by atoms with Crippen molar-refractivity contribution in [3.8, 4) is 0 Å². The molecule has 124 valence electrons. The number of anilines is 2. The molecule has 0 radical (unpaired) electrons. The Morgan fingerprint density at radius 2 is 1.92 bits per heavy atom. The minimum atomic E-state index is -0.351. The van der Waals surface area contributed by atoms with Gasteiger partial charge in [-0.05, 0) is 25.1 Å². The maximum Gasteiger partial charge on any atom is 0.323 e. The van der Waals surface area contributed by atoms with Crippen molar-refractivity contribution in [2.75, 3.05) is 10.6 Å². The van der Waals surface area contributed by atoms with Crippen molar-refractivity contribution < 1.29 is 4.79 Å². The van der Waals surface area contributed by atoms with E-state index in [0.717, 1.165) is 12.1 Å². The van der Waals surface area contributed by atoms with Crippen LogP contribution >= 0.6 is 11.6 Å². The van der Waals surface area contributed by atoms with Crippen molar-refractivity contribution in [1.82, 2.24) is 19.6 Å². The second kappa shape index (κ2) is 7.18. The Morgan fingerprint density at radius 1 is 1.12 bits per heavy atom. The summed E-state index contributed by atoms with van der Waals surface area (Å²) in [6, 6.07) is 6.61. The smallest absolute Gasteiger partial charge is 0.308 e. The average Bonchev–Trinajstić information content (AvgIpc) is 3.17. The number of aromatic nitrogens is 4. The number of hydrogen-bond acceptors (Lipinski definition) is 3. The molecular weight excluding hydrogens is 328 g/mol. The van der Waals surface area contributed by atoms with Crippen LogP contribution in [0.4, 0.5) is 16.2 Å². The number of rotatable bonds is 5. The molecule has 1 aromatic carbocycles. The van der Waals surface area contributed by atoms with Gasteiger partial charge in [-0.2, -0.15) is 10.2 Å². The first-order valence-corrected chi connectivity index (χ1v) is 7.87. The molecule has 3 aromatic rings. The summed E-state index contributed by atoms with van der Waals surface area (Å²) < 4.78 is 3.60. The van der Waals surface area contributed by atoms with Gasteiger partial charge in [-0.1, -0.05) is 17.7 Å². The zero-order valence-corrected chi connectivity index (χ0v) is 13.9. The highest BCUT2D eigenvalue weighted by molar-refractivity contribution is 6.30. The second-order valence-corrected chi connectivity index (χ2v) is 5.66. The highest BCUT2D eigenvalue weighted by Crippen LogP contribution is 2.15. The molecule has 3 rings (SSSR count). The summed E-state index contributed by atoms with van der Waals surface area (Å²) in [5.41, 5.74) is 2.28. The standard InChI is InChI=1S/C16H17ClN6O/c1-2-22-9-12(7-18-22)10-23-11-15(8-19-23)21-16(24)20-14-5-3-4-13(17)6-14/h3-9,11H,2,10H2,1H3,(H2,20,21,24). The predicted molar refractivity (Wildman–Crippen MR) is 93.3 cm³/mol. The molecule has 0 saturated heterocycles. The number of benzene rings is 1. The van der Waals surface area contributed by atoms with Crippen molar-refractivity contribution in [1.29, 1.82) is 0 Å². The Morgan fingerprint density at radius 3 is 2.67 bits per heavy atom. The monoisotopic (exact) mass is 344 g/mol. The third kappa shape index (κ3) is 4.14. The quantitative estimate of drug-likeness (QED) is 0.744. The van der Waals surface area contributed by atoms with Crippen molar-refractivity contribution in [2.24, 2.45) is 0 Å². The lowest BCUT2D eigenvalue weighted by Crippen LogP contribution is -2.19. The lowest BCUT2D eigenvalue weighted by molar-refractivity contribution is 0.262. The minimum Gasteiger partial charge on any atom is -0.308 e. The van der Waals surface area contributed by atoms with Gasteiger partial charge in [-0.25, -0.2) is 4.79 Å². The fourth-order valence-electron chi connectivity index (χ4n) is 2.22. The molecule has 0 atom stereocenters. The van der Waals surface area contributed by atoms with E-state index in [4.69, 9.17) is 11.6 Å². The maximum atomic E-state index is 12.0. The molecular formula is C16H17ClN6O. The number of hydrogen-bond donors (Lipinski definition) is 2. The summed E-state index contributed by atoms with van der Waals surface area (Å²) in [6.07, 6.45) is 7.15. The third-order valence-electron chi connectivity index (χ3n) is 3.33. The average molecular weight is 345 g/mol. The van der Waals surface area contributed by atoms with Gasteiger partial charge in [0, 0.05) is 35.2 Å². The second-order valence-electron chi connectivity index (χ2n) is 5.22. The summed E-state index contributed by atoms with van der Waals surface area (Å²) in [5, 5.41) is 14.5. The van der Waals surface area contributed by atoms with Crippen LogP contribution in [0.2, 0.25) is 5.02 Å².